The van der Waals surface area contributed by atoms with Crippen LogP contribution < -0.4 is 10.6 Å². The molecule has 4 nitrogen and oxygen atoms in total. The van der Waals surface area contributed by atoms with Crippen molar-refractivity contribution in [3.8, 4) is 0 Å². The summed E-state index contributed by atoms with van der Waals surface area (Å²) >= 11 is 0. The van der Waals surface area contributed by atoms with Crippen LogP contribution in [0.15, 0.2) is 36.4 Å². The van der Waals surface area contributed by atoms with Gasteiger partial charge in [-0.2, -0.15) is 0 Å². The smallest absolute Gasteiger partial charge is 0.226 e. The normalized spacial score (nSPS) is 10.5. The summed E-state index contributed by atoms with van der Waals surface area (Å²) in [5, 5.41) is 0. The lowest BCUT2D eigenvalue weighted by atomic mass is 10.2. The number of rotatable bonds is 5. The molecule has 2 aromatic rings. The number of aryl methyl sites for hydroxylation is 1. The van der Waals surface area contributed by atoms with Gasteiger partial charge in [0.25, 0.3) is 0 Å². The standard InChI is InChI=1S/C15H20N4/c1-3-19(11-13-7-5-4-6-8-13)15-17-12(2)9-14(10-16)18-15/h4-9H,3,10-11,16H2,1-2H3. The van der Waals surface area contributed by atoms with E-state index in [1.807, 2.05) is 31.2 Å². The Balaban J connectivity index is 2.24. The van der Waals surface area contributed by atoms with E-state index in [0.29, 0.717) is 6.54 Å². The van der Waals surface area contributed by atoms with Crippen molar-refractivity contribution < 1.29 is 0 Å². The van der Waals surface area contributed by atoms with Crippen LogP contribution in [0.25, 0.3) is 0 Å². The molecule has 4 heteroatoms. The van der Waals surface area contributed by atoms with Gasteiger partial charge in [-0.3, -0.25) is 0 Å². The molecule has 0 spiro atoms. The molecule has 0 bridgehead atoms. The number of nitrogens with two attached hydrogens (primary N) is 1. The van der Waals surface area contributed by atoms with Crippen LogP contribution >= 0.6 is 0 Å². The molecule has 100 valence electrons. The van der Waals surface area contributed by atoms with Crippen LogP contribution in [-0.2, 0) is 13.1 Å². The van der Waals surface area contributed by atoms with Crippen LogP contribution in [0, 0.1) is 6.92 Å². The molecule has 1 heterocycles. The van der Waals surface area contributed by atoms with Crippen LogP contribution in [0.2, 0.25) is 0 Å². The first-order valence-corrected chi connectivity index (χ1v) is 6.56. The van der Waals surface area contributed by atoms with E-state index in [4.69, 9.17) is 5.73 Å². The summed E-state index contributed by atoms with van der Waals surface area (Å²) in [5.41, 5.74) is 8.77. The number of hydrogen-bond donors (Lipinski definition) is 1. The quantitative estimate of drug-likeness (QED) is 0.891. The summed E-state index contributed by atoms with van der Waals surface area (Å²) in [6.07, 6.45) is 0. The van der Waals surface area contributed by atoms with E-state index in [9.17, 15) is 0 Å². The minimum atomic E-state index is 0.444. The molecule has 1 aromatic carbocycles. The van der Waals surface area contributed by atoms with Gasteiger partial charge < -0.3 is 10.6 Å². The van der Waals surface area contributed by atoms with Gasteiger partial charge in [0.1, 0.15) is 0 Å². The van der Waals surface area contributed by atoms with Crippen molar-refractivity contribution in [1.29, 1.82) is 0 Å². The summed E-state index contributed by atoms with van der Waals surface area (Å²) < 4.78 is 0. The molecule has 2 N–H and O–H groups in total. The molecular formula is C15H20N4. The number of aromatic nitrogens is 2. The third kappa shape index (κ3) is 3.51. The van der Waals surface area contributed by atoms with Crippen LogP contribution in [0.4, 0.5) is 5.95 Å². The molecule has 0 saturated carbocycles. The molecule has 0 aliphatic heterocycles. The third-order valence-corrected chi connectivity index (χ3v) is 2.99. The second-order valence-corrected chi connectivity index (χ2v) is 4.50. The Bertz CT molecular complexity index is 525. The minimum absolute atomic E-state index is 0.444. The molecule has 1 aromatic heterocycles. The number of benzene rings is 1. The summed E-state index contributed by atoms with van der Waals surface area (Å²) in [6, 6.07) is 12.3. The van der Waals surface area contributed by atoms with E-state index in [-0.39, 0.29) is 0 Å². The average Bonchev–Trinajstić information content (AvgIpc) is 2.45. The van der Waals surface area contributed by atoms with Gasteiger partial charge in [-0.15, -0.1) is 0 Å². The number of nitrogens with zero attached hydrogens (tertiary/aromatic N) is 3. The molecule has 0 saturated heterocycles. The zero-order chi connectivity index (χ0) is 13.7. The summed E-state index contributed by atoms with van der Waals surface area (Å²) in [5.74, 6) is 0.756. The van der Waals surface area contributed by atoms with E-state index in [2.05, 4.69) is 33.9 Å². The lowest BCUT2D eigenvalue weighted by Gasteiger charge is -2.21. The van der Waals surface area contributed by atoms with Crippen LogP contribution in [0.1, 0.15) is 23.9 Å². The Labute approximate surface area is 114 Å². The van der Waals surface area contributed by atoms with Gasteiger partial charge in [-0.05, 0) is 25.5 Å². The first-order valence-electron chi connectivity index (χ1n) is 6.56. The van der Waals surface area contributed by atoms with E-state index in [0.717, 1.165) is 30.4 Å². The molecule has 0 amide bonds. The number of anilines is 1. The van der Waals surface area contributed by atoms with E-state index in [1.54, 1.807) is 0 Å². The van der Waals surface area contributed by atoms with Crippen LogP contribution in [-0.4, -0.2) is 16.5 Å². The Morgan fingerprint density at radius 2 is 1.89 bits per heavy atom. The van der Waals surface area contributed by atoms with E-state index < -0.39 is 0 Å². The van der Waals surface area contributed by atoms with Gasteiger partial charge in [-0.1, -0.05) is 30.3 Å². The van der Waals surface area contributed by atoms with Gasteiger partial charge in [0, 0.05) is 25.3 Å². The first kappa shape index (κ1) is 13.5. The van der Waals surface area contributed by atoms with Gasteiger partial charge in [0.05, 0.1) is 5.69 Å². The van der Waals surface area contributed by atoms with Crippen molar-refractivity contribution in [2.45, 2.75) is 26.9 Å². The van der Waals surface area contributed by atoms with E-state index in [1.165, 1.54) is 5.56 Å². The third-order valence-electron chi connectivity index (χ3n) is 2.99. The van der Waals surface area contributed by atoms with Gasteiger partial charge >= 0.3 is 0 Å². The van der Waals surface area contributed by atoms with Crippen LogP contribution in [0.5, 0.6) is 0 Å². The van der Waals surface area contributed by atoms with Crippen molar-refractivity contribution in [3.63, 3.8) is 0 Å². The van der Waals surface area contributed by atoms with Crippen molar-refractivity contribution in [2.24, 2.45) is 5.73 Å². The monoisotopic (exact) mass is 256 g/mol. The van der Waals surface area contributed by atoms with Crippen molar-refractivity contribution in [1.82, 2.24) is 9.97 Å². The lowest BCUT2D eigenvalue weighted by Crippen LogP contribution is -2.25. The van der Waals surface area contributed by atoms with Crippen LogP contribution in [0.3, 0.4) is 0 Å². The summed E-state index contributed by atoms with van der Waals surface area (Å²) in [4.78, 5) is 11.2. The second-order valence-electron chi connectivity index (χ2n) is 4.50. The van der Waals surface area contributed by atoms with Crippen molar-refractivity contribution >= 4 is 5.95 Å². The summed E-state index contributed by atoms with van der Waals surface area (Å²) in [7, 11) is 0. The molecule has 0 unspecified atom stereocenters. The average molecular weight is 256 g/mol. The Kier molecular flexibility index (Phi) is 4.47. The minimum Gasteiger partial charge on any atom is -0.337 e. The van der Waals surface area contributed by atoms with E-state index >= 15 is 0 Å². The molecule has 19 heavy (non-hydrogen) atoms. The molecule has 0 radical (unpaired) electrons. The fraction of sp³-hybridized carbons (Fsp3) is 0.333. The topological polar surface area (TPSA) is 55.0 Å². The highest BCUT2D eigenvalue weighted by molar-refractivity contribution is 5.34. The highest BCUT2D eigenvalue weighted by Gasteiger charge is 2.10. The predicted octanol–water partition coefficient (Wildman–Crippen LogP) is 2.27. The van der Waals surface area contributed by atoms with Gasteiger partial charge in [0.15, 0.2) is 0 Å². The fourth-order valence-electron chi connectivity index (χ4n) is 1.99. The first-order chi connectivity index (χ1) is 9.22. The van der Waals surface area contributed by atoms with Crippen molar-refractivity contribution in [3.05, 3.63) is 53.3 Å². The Hall–Kier alpha value is -1.94. The number of hydrogen-bond acceptors (Lipinski definition) is 4. The molecule has 0 aliphatic carbocycles. The molecule has 0 atom stereocenters. The molecule has 0 aliphatic rings. The zero-order valence-electron chi connectivity index (χ0n) is 11.5. The largest absolute Gasteiger partial charge is 0.337 e. The summed E-state index contributed by atoms with van der Waals surface area (Å²) in [6.45, 7) is 6.20. The highest BCUT2D eigenvalue weighted by Crippen LogP contribution is 2.13. The molecule has 2 rings (SSSR count). The van der Waals surface area contributed by atoms with Crippen molar-refractivity contribution in [2.75, 3.05) is 11.4 Å². The maximum Gasteiger partial charge on any atom is 0.226 e. The lowest BCUT2D eigenvalue weighted by molar-refractivity contribution is 0.776. The van der Waals surface area contributed by atoms with Gasteiger partial charge in [0.2, 0.25) is 5.95 Å². The fourth-order valence-corrected chi connectivity index (χ4v) is 1.99. The maximum atomic E-state index is 5.67. The zero-order valence-corrected chi connectivity index (χ0v) is 11.5. The predicted molar refractivity (Wildman–Crippen MR) is 77.8 cm³/mol. The molecular weight excluding hydrogens is 236 g/mol. The second kappa shape index (κ2) is 6.29. The Morgan fingerprint density at radius 3 is 2.53 bits per heavy atom. The van der Waals surface area contributed by atoms with Gasteiger partial charge in [-0.25, -0.2) is 9.97 Å². The Morgan fingerprint density at radius 1 is 1.16 bits per heavy atom. The SMILES string of the molecule is CCN(Cc1ccccc1)c1nc(C)cc(CN)n1. The highest BCUT2D eigenvalue weighted by atomic mass is 15.2. The maximum absolute atomic E-state index is 5.67. The molecule has 0 fully saturated rings.